The second kappa shape index (κ2) is 2.86. The van der Waals surface area contributed by atoms with Gasteiger partial charge in [-0.1, -0.05) is 0 Å². The van der Waals surface area contributed by atoms with Crippen molar-refractivity contribution >= 4 is 35.0 Å². The average molecular weight is 125 g/mol. The van der Waals surface area contributed by atoms with Gasteiger partial charge in [-0.05, 0) is 6.32 Å². The molecule has 1 heterocycles. The predicted molar refractivity (Wildman–Crippen MR) is 40.1 cm³/mol. The van der Waals surface area contributed by atoms with E-state index >= 15 is 0 Å². The molecule has 0 spiro atoms. The smallest absolute Gasteiger partial charge is 0.170 e. The third kappa shape index (κ3) is 1.59. The third-order valence-electron chi connectivity index (χ3n) is 0.899. The van der Waals surface area contributed by atoms with E-state index in [1.54, 1.807) is 0 Å². The minimum Gasteiger partial charge on any atom is -0.243 e. The highest BCUT2D eigenvalue weighted by Crippen LogP contribution is 1.76. The van der Waals surface area contributed by atoms with Gasteiger partial charge in [0, 0.05) is 0 Å². The molecule has 0 fully saturated rings. The van der Waals surface area contributed by atoms with Crippen LogP contribution in [0.5, 0.6) is 0 Å². The van der Waals surface area contributed by atoms with E-state index in [0.29, 0.717) is 5.82 Å². The van der Waals surface area contributed by atoms with Crippen molar-refractivity contribution in [2.75, 3.05) is 0 Å². The number of hydrogen-bond acceptors (Lipinski definition) is 3. The maximum atomic E-state index is 5.24. The third-order valence-corrected chi connectivity index (χ3v) is 0.899. The first-order valence-electron chi connectivity index (χ1n) is 2.68. The summed E-state index contributed by atoms with van der Waals surface area (Å²) < 4.78 is 0. The summed E-state index contributed by atoms with van der Waals surface area (Å²) in [4.78, 5) is 11.0. The van der Waals surface area contributed by atoms with Gasteiger partial charge in [0.15, 0.2) is 15.7 Å². The molecule has 0 amide bonds. The van der Waals surface area contributed by atoms with E-state index in [0.717, 1.165) is 0 Å². The molecular weight excluding hydrogens is 123 g/mol. The molecule has 1 aromatic heterocycles. The van der Waals surface area contributed by atoms with E-state index in [1.165, 1.54) is 0 Å². The first-order valence-corrected chi connectivity index (χ1v) is 2.68. The van der Waals surface area contributed by atoms with E-state index in [9.17, 15) is 0 Å². The van der Waals surface area contributed by atoms with E-state index < -0.39 is 0 Å². The minimum absolute atomic E-state index is 0.105. The normalized spacial score (nSPS) is 9.60. The van der Waals surface area contributed by atoms with Crippen LogP contribution in [0, 0.1) is 0 Å². The molecule has 0 atom stereocenters. The summed E-state index contributed by atoms with van der Waals surface area (Å²) in [5.74, 6) is 0.407. The Bertz CT molecular complexity index is 219. The van der Waals surface area contributed by atoms with Crippen molar-refractivity contribution < 1.29 is 0 Å². The monoisotopic (exact) mass is 125 g/mol. The Morgan fingerprint density at radius 3 is 1.90 bits per heavy atom. The van der Waals surface area contributed by atoms with Crippen LogP contribution in [-0.4, -0.2) is 38.5 Å². The molecule has 3 nitrogen and oxygen atoms in total. The van der Waals surface area contributed by atoms with Gasteiger partial charge >= 0.3 is 0 Å². The van der Waals surface area contributed by atoms with Crippen LogP contribution in [0.15, 0.2) is 0 Å². The summed E-state index contributed by atoms with van der Waals surface area (Å²) in [6.45, 7) is 0. The van der Waals surface area contributed by atoms with Crippen molar-refractivity contribution in [2.45, 2.75) is 6.32 Å². The molecule has 0 saturated heterocycles. The van der Waals surface area contributed by atoms with Gasteiger partial charge in [0.25, 0.3) is 0 Å². The fraction of sp³-hybridized carbons (Fsp3) is 0.250. The maximum absolute atomic E-state index is 5.24. The molecule has 0 saturated carbocycles. The SMILES string of the molecule is [B]Cc1nc([B])nc([B])n1. The van der Waals surface area contributed by atoms with Crippen LogP contribution < -0.4 is 11.4 Å². The zero-order valence-electron chi connectivity index (χ0n) is 5.28. The van der Waals surface area contributed by atoms with Gasteiger partial charge in [-0.15, -0.1) is 0 Å². The molecule has 10 heavy (non-hydrogen) atoms. The fourth-order valence-electron chi connectivity index (χ4n) is 0.548. The first-order chi connectivity index (χ1) is 4.72. The predicted octanol–water partition coefficient (Wildman–Crippen LogP) is -2.87. The summed E-state index contributed by atoms with van der Waals surface area (Å²) in [7, 11) is 15.7. The molecule has 0 bridgehead atoms. The van der Waals surface area contributed by atoms with Crippen LogP contribution in [0.2, 0.25) is 0 Å². The second-order valence-corrected chi connectivity index (χ2v) is 1.67. The van der Waals surface area contributed by atoms with E-state index in [2.05, 4.69) is 15.0 Å². The largest absolute Gasteiger partial charge is 0.243 e. The van der Waals surface area contributed by atoms with Gasteiger partial charge in [0.2, 0.25) is 0 Å². The molecule has 42 valence electrons. The fourth-order valence-corrected chi connectivity index (χ4v) is 0.548. The van der Waals surface area contributed by atoms with Gasteiger partial charge in [-0.2, -0.15) is 0 Å². The molecule has 0 aliphatic rings. The minimum atomic E-state index is 0.105. The lowest BCUT2D eigenvalue weighted by Crippen LogP contribution is -2.29. The quantitative estimate of drug-likeness (QED) is 0.378. The zero-order chi connectivity index (χ0) is 7.56. The molecule has 0 aromatic carbocycles. The van der Waals surface area contributed by atoms with Crippen LogP contribution in [0.25, 0.3) is 0 Å². The van der Waals surface area contributed by atoms with Crippen molar-refractivity contribution in [1.29, 1.82) is 0 Å². The Kier molecular flexibility index (Phi) is 2.09. The lowest BCUT2D eigenvalue weighted by atomic mass is 10.0. The molecule has 0 N–H and O–H groups in total. The summed E-state index contributed by atoms with van der Waals surface area (Å²) >= 11 is 0. The lowest BCUT2D eigenvalue weighted by Gasteiger charge is -1.98. The van der Waals surface area contributed by atoms with Gasteiger partial charge in [0.05, 0.1) is 19.3 Å². The maximum Gasteiger partial charge on any atom is 0.170 e. The summed E-state index contributed by atoms with van der Waals surface area (Å²) in [5, 5.41) is 0. The number of nitrogens with zero attached hydrogens (tertiary/aromatic N) is 3. The highest BCUT2D eigenvalue weighted by atomic mass is 15.0. The Labute approximate surface area is 62.9 Å². The molecular formula is C4H2B3N3. The number of aromatic nitrogens is 3. The summed E-state index contributed by atoms with van der Waals surface area (Å²) in [5.41, 5.74) is 0.209. The Morgan fingerprint density at radius 1 is 1.00 bits per heavy atom. The van der Waals surface area contributed by atoms with E-state index in [-0.39, 0.29) is 17.8 Å². The molecule has 0 unspecified atom stereocenters. The number of rotatable bonds is 1. The molecule has 1 rings (SSSR count). The second-order valence-electron chi connectivity index (χ2n) is 1.67. The molecule has 0 aliphatic carbocycles. The lowest BCUT2D eigenvalue weighted by molar-refractivity contribution is 1.02. The highest BCUT2D eigenvalue weighted by Gasteiger charge is 1.94. The van der Waals surface area contributed by atoms with Gasteiger partial charge in [-0.3, -0.25) is 0 Å². The van der Waals surface area contributed by atoms with Gasteiger partial charge in [0.1, 0.15) is 5.82 Å². The molecule has 6 heteroatoms. The van der Waals surface area contributed by atoms with Crippen LogP contribution in [0.3, 0.4) is 0 Å². The van der Waals surface area contributed by atoms with Crippen LogP contribution in [-0.2, 0) is 6.32 Å². The van der Waals surface area contributed by atoms with Crippen LogP contribution in [0.4, 0.5) is 0 Å². The first kappa shape index (κ1) is 7.31. The standard InChI is InChI=1S/C4H2B3N3/c5-1-2-8-3(6)10-4(7)9-2/h1H2. The topological polar surface area (TPSA) is 38.7 Å². The van der Waals surface area contributed by atoms with Crippen molar-refractivity contribution in [1.82, 2.24) is 15.0 Å². The van der Waals surface area contributed by atoms with Crippen LogP contribution in [0.1, 0.15) is 5.82 Å². The molecule has 1 aromatic rings. The van der Waals surface area contributed by atoms with E-state index in [4.69, 9.17) is 23.5 Å². The zero-order valence-corrected chi connectivity index (χ0v) is 5.28. The summed E-state index contributed by atoms with van der Waals surface area (Å²) in [6, 6.07) is 0. The van der Waals surface area contributed by atoms with Crippen molar-refractivity contribution in [3.05, 3.63) is 5.82 Å². The van der Waals surface area contributed by atoms with E-state index in [1.807, 2.05) is 0 Å². The van der Waals surface area contributed by atoms with Crippen molar-refractivity contribution in [3.8, 4) is 0 Å². The molecule has 0 aliphatic heterocycles. The summed E-state index contributed by atoms with van der Waals surface area (Å²) in [6.07, 6.45) is 0.219. The van der Waals surface area contributed by atoms with Gasteiger partial charge < -0.3 is 0 Å². The van der Waals surface area contributed by atoms with Gasteiger partial charge in [-0.25, -0.2) is 15.0 Å². The highest BCUT2D eigenvalue weighted by molar-refractivity contribution is 6.32. The number of hydrogen-bond donors (Lipinski definition) is 0. The average Bonchev–Trinajstić information content (AvgIpc) is 1.85. The Morgan fingerprint density at radius 2 is 1.50 bits per heavy atom. The van der Waals surface area contributed by atoms with Crippen molar-refractivity contribution in [3.63, 3.8) is 0 Å². The molecule has 6 radical (unpaired) electrons. The van der Waals surface area contributed by atoms with Crippen molar-refractivity contribution in [2.24, 2.45) is 0 Å². The Balaban J connectivity index is 3.06. The Hall–Kier alpha value is -0.795. The van der Waals surface area contributed by atoms with Crippen LogP contribution >= 0.6 is 0 Å².